The smallest absolute Gasteiger partial charge is 0.232 e. The van der Waals surface area contributed by atoms with Crippen LogP contribution in [-0.2, 0) is 11.2 Å². The Morgan fingerprint density at radius 1 is 1.14 bits per heavy atom. The molecule has 1 atom stereocenters. The van der Waals surface area contributed by atoms with Gasteiger partial charge in [-0.05, 0) is 48.6 Å². The van der Waals surface area contributed by atoms with Crippen molar-refractivity contribution in [2.24, 2.45) is 0 Å². The monoisotopic (exact) mass is 295 g/mol. The molecule has 1 heterocycles. The minimum Gasteiger partial charge on any atom is -0.494 e. The molecule has 2 aromatic rings. The van der Waals surface area contributed by atoms with Crippen LogP contribution in [0.2, 0.25) is 0 Å². The Labute approximate surface area is 131 Å². The second-order valence-electron chi connectivity index (χ2n) is 5.78. The summed E-state index contributed by atoms with van der Waals surface area (Å²) in [4.78, 5) is 12.3. The molecule has 0 bridgehead atoms. The number of fused-ring (bicyclic) bond motifs is 1. The Hall–Kier alpha value is -2.29. The lowest BCUT2D eigenvalue weighted by molar-refractivity contribution is -0.117. The predicted molar refractivity (Wildman–Crippen MR) is 88.5 cm³/mol. The van der Waals surface area contributed by atoms with Crippen molar-refractivity contribution in [3.05, 3.63) is 59.2 Å². The first kappa shape index (κ1) is 14.6. The Morgan fingerprint density at radius 3 is 2.64 bits per heavy atom. The van der Waals surface area contributed by atoms with Crippen molar-refractivity contribution in [2.75, 3.05) is 11.9 Å². The van der Waals surface area contributed by atoms with E-state index in [-0.39, 0.29) is 11.8 Å². The molecule has 1 aliphatic rings. The van der Waals surface area contributed by atoms with Gasteiger partial charge in [-0.25, -0.2) is 0 Å². The highest BCUT2D eigenvalue weighted by Gasteiger charge is 2.31. The van der Waals surface area contributed by atoms with Gasteiger partial charge in [0, 0.05) is 5.69 Å². The molecular weight excluding hydrogens is 274 g/mol. The molecule has 1 amide bonds. The van der Waals surface area contributed by atoms with E-state index < -0.39 is 0 Å². The zero-order valence-corrected chi connectivity index (χ0v) is 13.1. The van der Waals surface area contributed by atoms with Gasteiger partial charge in [-0.1, -0.05) is 37.3 Å². The number of anilines is 1. The molecular formula is C19H21NO2. The number of aryl methyl sites for hydroxylation is 1. The van der Waals surface area contributed by atoms with Gasteiger partial charge in [0.2, 0.25) is 5.91 Å². The molecule has 3 nitrogen and oxygen atoms in total. The maximum atomic E-state index is 12.3. The standard InChI is InChI=1S/C19H21NO2/c1-3-11-22-15-9-7-14(8-10-15)12-17-16-6-4-5-13(2)18(16)20-19(17)21/h4-10,17H,3,11-12H2,1-2H3,(H,20,21)/t17-/m1/s1. The number of para-hydroxylation sites is 1. The molecule has 0 aromatic heterocycles. The van der Waals surface area contributed by atoms with E-state index in [4.69, 9.17) is 4.74 Å². The molecule has 0 aliphatic carbocycles. The summed E-state index contributed by atoms with van der Waals surface area (Å²) in [5.74, 6) is 0.880. The van der Waals surface area contributed by atoms with Gasteiger partial charge in [-0.3, -0.25) is 4.79 Å². The Balaban J connectivity index is 1.76. The second-order valence-corrected chi connectivity index (χ2v) is 5.78. The van der Waals surface area contributed by atoms with Crippen LogP contribution in [0.3, 0.4) is 0 Å². The van der Waals surface area contributed by atoms with Crippen molar-refractivity contribution in [2.45, 2.75) is 32.6 Å². The fraction of sp³-hybridized carbons (Fsp3) is 0.316. The van der Waals surface area contributed by atoms with Crippen LogP contribution in [0.4, 0.5) is 5.69 Å². The van der Waals surface area contributed by atoms with Crippen LogP contribution in [0.1, 0.15) is 36.0 Å². The van der Waals surface area contributed by atoms with Gasteiger partial charge in [0.05, 0.1) is 12.5 Å². The summed E-state index contributed by atoms with van der Waals surface area (Å²) in [6.45, 7) is 4.85. The van der Waals surface area contributed by atoms with Crippen molar-refractivity contribution < 1.29 is 9.53 Å². The Kier molecular flexibility index (Phi) is 4.14. The lowest BCUT2D eigenvalue weighted by atomic mass is 9.92. The third kappa shape index (κ3) is 2.84. The van der Waals surface area contributed by atoms with E-state index in [1.165, 1.54) is 0 Å². The average Bonchev–Trinajstić information content (AvgIpc) is 2.84. The SMILES string of the molecule is CCCOc1ccc(C[C@H]2C(=O)Nc3c(C)cccc32)cc1. The Bertz CT molecular complexity index is 676. The summed E-state index contributed by atoms with van der Waals surface area (Å²) in [5.41, 5.74) is 4.37. The minimum atomic E-state index is -0.0997. The number of carbonyl (C=O) groups excluding carboxylic acids is 1. The van der Waals surface area contributed by atoms with Crippen LogP contribution in [0.15, 0.2) is 42.5 Å². The van der Waals surface area contributed by atoms with Crippen molar-refractivity contribution in [1.82, 2.24) is 0 Å². The van der Waals surface area contributed by atoms with Gasteiger partial charge in [-0.15, -0.1) is 0 Å². The maximum absolute atomic E-state index is 12.3. The first-order chi connectivity index (χ1) is 10.7. The summed E-state index contributed by atoms with van der Waals surface area (Å²) < 4.78 is 5.59. The molecule has 0 unspecified atom stereocenters. The summed E-state index contributed by atoms with van der Waals surface area (Å²) in [7, 11) is 0. The van der Waals surface area contributed by atoms with Crippen LogP contribution in [0.25, 0.3) is 0 Å². The van der Waals surface area contributed by atoms with E-state index in [2.05, 4.69) is 12.2 Å². The Morgan fingerprint density at radius 2 is 1.91 bits per heavy atom. The van der Waals surface area contributed by atoms with E-state index >= 15 is 0 Å². The van der Waals surface area contributed by atoms with Crippen LogP contribution in [-0.4, -0.2) is 12.5 Å². The number of ether oxygens (including phenoxy) is 1. The maximum Gasteiger partial charge on any atom is 0.232 e. The molecule has 22 heavy (non-hydrogen) atoms. The number of hydrogen-bond donors (Lipinski definition) is 1. The van der Waals surface area contributed by atoms with Crippen molar-refractivity contribution >= 4 is 11.6 Å². The van der Waals surface area contributed by atoms with Crippen LogP contribution in [0, 0.1) is 6.92 Å². The number of carbonyl (C=O) groups is 1. The zero-order chi connectivity index (χ0) is 15.5. The molecule has 0 saturated heterocycles. The van der Waals surface area contributed by atoms with Gasteiger partial charge in [0.25, 0.3) is 0 Å². The third-order valence-electron chi connectivity index (χ3n) is 4.08. The molecule has 1 N–H and O–H groups in total. The molecule has 0 saturated carbocycles. The molecule has 114 valence electrons. The number of rotatable bonds is 5. The highest BCUT2D eigenvalue weighted by molar-refractivity contribution is 6.03. The molecule has 0 fully saturated rings. The topological polar surface area (TPSA) is 38.3 Å². The number of amides is 1. The highest BCUT2D eigenvalue weighted by atomic mass is 16.5. The van der Waals surface area contributed by atoms with Gasteiger partial charge < -0.3 is 10.1 Å². The fourth-order valence-corrected chi connectivity index (χ4v) is 2.88. The number of benzene rings is 2. The summed E-state index contributed by atoms with van der Waals surface area (Å²) in [5, 5.41) is 3.01. The molecule has 0 spiro atoms. The van der Waals surface area contributed by atoms with E-state index in [1.807, 2.05) is 49.4 Å². The van der Waals surface area contributed by atoms with E-state index in [0.29, 0.717) is 0 Å². The van der Waals surface area contributed by atoms with E-state index in [9.17, 15) is 4.79 Å². The van der Waals surface area contributed by atoms with Gasteiger partial charge in [-0.2, -0.15) is 0 Å². The quantitative estimate of drug-likeness (QED) is 0.903. The summed E-state index contributed by atoms with van der Waals surface area (Å²) in [6.07, 6.45) is 1.72. The van der Waals surface area contributed by atoms with E-state index in [1.54, 1.807) is 0 Å². The molecule has 3 rings (SSSR count). The number of nitrogens with one attached hydrogen (secondary N) is 1. The van der Waals surface area contributed by atoms with E-state index in [0.717, 1.165) is 47.6 Å². The minimum absolute atomic E-state index is 0.0932. The first-order valence-electron chi connectivity index (χ1n) is 7.81. The first-order valence-corrected chi connectivity index (χ1v) is 7.81. The highest BCUT2D eigenvalue weighted by Crippen LogP contribution is 2.36. The predicted octanol–water partition coefficient (Wildman–Crippen LogP) is 4.06. The number of hydrogen-bond acceptors (Lipinski definition) is 2. The van der Waals surface area contributed by atoms with Crippen molar-refractivity contribution in [3.63, 3.8) is 0 Å². The summed E-state index contributed by atoms with van der Waals surface area (Å²) in [6, 6.07) is 14.1. The molecule has 2 aromatic carbocycles. The zero-order valence-electron chi connectivity index (χ0n) is 13.1. The normalized spacial score (nSPS) is 16.3. The lowest BCUT2D eigenvalue weighted by Crippen LogP contribution is -2.14. The van der Waals surface area contributed by atoms with Crippen LogP contribution in [0.5, 0.6) is 5.75 Å². The second kappa shape index (κ2) is 6.22. The lowest BCUT2D eigenvalue weighted by Gasteiger charge is -2.10. The molecule has 3 heteroatoms. The largest absolute Gasteiger partial charge is 0.494 e. The van der Waals surface area contributed by atoms with Gasteiger partial charge >= 0.3 is 0 Å². The van der Waals surface area contributed by atoms with Crippen LogP contribution >= 0.6 is 0 Å². The molecule has 0 radical (unpaired) electrons. The van der Waals surface area contributed by atoms with Gasteiger partial charge in [0.15, 0.2) is 0 Å². The third-order valence-corrected chi connectivity index (χ3v) is 4.08. The van der Waals surface area contributed by atoms with Gasteiger partial charge in [0.1, 0.15) is 5.75 Å². The molecule has 1 aliphatic heterocycles. The fourth-order valence-electron chi connectivity index (χ4n) is 2.88. The van der Waals surface area contributed by atoms with Crippen molar-refractivity contribution in [1.29, 1.82) is 0 Å². The summed E-state index contributed by atoms with van der Waals surface area (Å²) >= 11 is 0. The van der Waals surface area contributed by atoms with Crippen molar-refractivity contribution in [3.8, 4) is 5.75 Å². The average molecular weight is 295 g/mol. The van der Waals surface area contributed by atoms with Crippen LogP contribution < -0.4 is 10.1 Å².